The Morgan fingerprint density at radius 2 is 2.33 bits per heavy atom. The quantitative estimate of drug-likeness (QED) is 0.474. The van der Waals surface area contributed by atoms with Crippen molar-refractivity contribution in [1.29, 1.82) is 0 Å². The first-order valence-corrected chi connectivity index (χ1v) is 4.26. The summed E-state index contributed by atoms with van der Waals surface area (Å²) in [6, 6.07) is 0. The van der Waals surface area contributed by atoms with Gasteiger partial charge in [0.05, 0.1) is 6.61 Å². The van der Waals surface area contributed by atoms with Crippen LogP contribution in [0.3, 0.4) is 0 Å². The third-order valence-electron chi connectivity index (χ3n) is 1.26. The standard InChI is InChI=1S/C5H9N.C4H8O2/c1-2-4-6-5-3-1;1-3-6-4(2)5/h1-2,6H,3-5H2;3H2,1-2H3. The van der Waals surface area contributed by atoms with E-state index in [-0.39, 0.29) is 5.97 Å². The fourth-order valence-electron chi connectivity index (χ4n) is 0.775. The van der Waals surface area contributed by atoms with Crippen LogP contribution >= 0.6 is 0 Å². The van der Waals surface area contributed by atoms with Gasteiger partial charge in [-0.25, -0.2) is 0 Å². The Hall–Kier alpha value is -0.830. The molecule has 0 aromatic heterocycles. The van der Waals surface area contributed by atoms with Gasteiger partial charge in [0.2, 0.25) is 0 Å². The summed E-state index contributed by atoms with van der Waals surface area (Å²) < 4.78 is 4.40. The van der Waals surface area contributed by atoms with Crippen LogP contribution in [0, 0.1) is 0 Å². The minimum Gasteiger partial charge on any atom is -0.466 e. The smallest absolute Gasteiger partial charge is 0.302 e. The molecular weight excluding hydrogens is 154 g/mol. The van der Waals surface area contributed by atoms with E-state index < -0.39 is 0 Å². The lowest BCUT2D eigenvalue weighted by atomic mass is 10.3. The molecule has 3 nitrogen and oxygen atoms in total. The van der Waals surface area contributed by atoms with E-state index in [9.17, 15) is 4.79 Å². The second kappa shape index (κ2) is 8.27. The Morgan fingerprint density at radius 3 is 2.42 bits per heavy atom. The van der Waals surface area contributed by atoms with Crippen LogP contribution in [0.5, 0.6) is 0 Å². The molecular formula is C9H17NO2. The Morgan fingerprint density at radius 1 is 1.58 bits per heavy atom. The Kier molecular flexibility index (Phi) is 7.70. The summed E-state index contributed by atoms with van der Waals surface area (Å²) >= 11 is 0. The first-order valence-electron chi connectivity index (χ1n) is 4.26. The Balaban J connectivity index is 0.000000202. The topological polar surface area (TPSA) is 38.3 Å². The molecule has 1 aliphatic heterocycles. The van der Waals surface area contributed by atoms with Crippen LogP contribution in [0.1, 0.15) is 20.3 Å². The van der Waals surface area contributed by atoms with E-state index in [1.54, 1.807) is 6.92 Å². The maximum absolute atomic E-state index is 9.82. The third kappa shape index (κ3) is 9.17. The first-order chi connectivity index (χ1) is 5.77. The molecule has 0 aromatic carbocycles. The van der Waals surface area contributed by atoms with Crippen molar-refractivity contribution >= 4 is 5.97 Å². The van der Waals surface area contributed by atoms with Gasteiger partial charge in [-0.2, -0.15) is 0 Å². The number of ether oxygens (including phenoxy) is 1. The highest BCUT2D eigenvalue weighted by Crippen LogP contribution is 1.84. The Labute approximate surface area is 73.8 Å². The van der Waals surface area contributed by atoms with Crippen molar-refractivity contribution in [3.8, 4) is 0 Å². The molecule has 0 aromatic rings. The van der Waals surface area contributed by atoms with Crippen molar-refractivity contribution in [2.45, 2.75) is 20.3 Å². The molecule has 0 saturated heterocycles. The molecule has 0 bridgehead atoms. The lowest BCUT2D eigenvalue weighted by molar-refractivity contribution is -0.140. The molecule has 3 heteroatoms. The molecule has 0 spiro atoms. The SMILES string of the molecule is C1=CCNCC1.CCOC(C)=O. The predicted molar refractivity (Wildman–Crippen MR) is 48.9 cm³/mol. The van der Waals surface area contributed by atoms with Gasteiger partial charge in [0.25, 0.3) is 0 Å². The maximum atomic E-state index is 9.82. The molecule has 12 heavy (non-hydrogen) atoms. The first kappa shape index (κ1) is 11.2. The third-order valence-corrected chi connectivity index (χ3v) is 1.26. The minimum atomic E-state index is -0.211. The van der Waals surface area contributed by atoms with Gasteiger partial charge in [0, 0.05) is 13.5 Å². The van der Waals surface area contributed by atoms with Crippen LogP contribution in [0.4, 0.5) is 0 Å². The second-order valence-electron chi connectivity index (χ2n) is 2.39. The highest BCUT2D eigenvalue weighted by atomic mass is 16.5. The van der Waals surface area contributed by atoms with E-state index >= 15 is 0 Å². The molecule has 0 amide bonds. The highest BCUT2D eigenvalue weighted by Gasteiger charge is 1.84. The molecule has 1 aliphatic rings. The largest absolute Gasteiger partial charge is 0.466 e. The lowest BCUT2D eigenvalue weighted by Gasteiger charge is -2.01. The van der Waals surface area contributed by atoms with E-state index in [0.717, 1.165) is 13.1 Å². The van der Waals surface area contributed by atoms with Crippen LogP contribution in [-0.2, 0) is 9.53 Å². The summed E-state index contributed by atoms with van der Waals surface area (Å²) in [5.41, 5.74) is 0. The molecule has 0 radical (unpaired) electrons. The molecule has 70 valence electrons. The van der Waals surface area contributed by atoms with Crippen molar-refractivity contribution < 1.29 is 9.53 Å². The van der Waals surface area contributed by atoms with Crippen molar-refractivity contribution in [3.63, 3.8) is 0 Å². The number of carbonyl (C=O) groups excluding carboxylic acids is 1. The molecule has 1 rings (SSSR count). The van der Waals surface area contributed by atoms with Crippen LogP contribution in [0.15, 0.2) is 12.2 Å². The second-order valence-corrected chi connectivity index (χ2v) is 2.39. The average molecular weight is 171 g/mol. The van der Waals surface area contributed by atoms with Crippen molar-refractivity contribution in [3.05, 3.63) is 12.2 Å². The summed E-state index contributed by atoms with van der Waals surface area (Å²) in [6.45, 7) is 5.89. The monoisotopic (exact) mass is 171 g/mol. The van der Waals surface area contributed by atoms with E-state index in [0.29, 0.717) is 6.61 Å². The summed E-state index contributed by atoms with van der Waals surface area (Å²) in [5.74, 6) is -0.211. The zero-order valence-corrected chi connectivity index (χ0v) is 7.80. The van der Waals surface area contributed by atoms with Crippen LogP contribution in [-0.4, -0.2) is 25.7 Å². The fraction of sp³-hybridized carbons (Fsp3) is 0.667. The van der Waals surface area contributed by atoms with E-state index in [1.807, 2.05) is 0 Å². The number of nitrogens with one attached hydrogen (secondary N) is 1. The Bertz CT molecular complexity index is 135. The summed E-state index contributed by atoms with van der Waals surface area (Å²) in [7, 11) is 0. The number of esters is 1. The van der Waals surface area contributed by atoms with E-state index in [4.69, 9.17) is 0 Å². The maximum Gasteiger partial charge on any atom is 0.302 e. The van der Waals surface area contributed by atoms with E-state index in [1.165, 1.54) is 13.3 Å². The van der Waals surface area contributed by atoms with Gasteiger partial charge in [-0.1, -0.05) is 12.2 Å². The number of rotatable bonds is 1. The molecule has 0 fully saturated rings. The minimum absolute atomic E-state index is 0.211. The zero-order valence-electron chi connectivity index (χ0n) is 7.80. The number of hydrogen-bond acceptors (Lipinski definition) is 3. The number of hydrogen-bond donors (Lipinski definition) is 1. The van der Waals surface area contributed by atoms with Gasteiger partial charge in [-0.05, 0) is 19.9 Å². The van der Waals surface area contributed by atoms with Gasteiger partial charge in [-0.15, -0.1) is 0 Å². The van der Waals surface area contributed by atoms with Crippen molar-refractivity contribution in [1.82, 2.24) is 5.32 Å². The van der Waals surface area contributed by atoms with Crippen LogP contribution in [0.25, 0.3) is 0 Å². The van der Waals surface area contributed by atoms with Crippen molar-refractivity contribution in [2.75, 3.05) is 19.7 Å². The molecule has 1 heterocycles. The molecule has 0 unspecified atom stereocenters. The van der Waals surface area contributed by atoms with Gasteiger partial charge in [-0.3, -0.25) is 4.79 Å². The number of carbonyl (C=O) groups is 1. The van der Waals surface area contributed by atoms with Crippen LogP contribution in [0.2, 0.25) is 0 Å². The lowest BCUT2D eigenvalue weighted by Crippen LogP contribution is -2.17. The van der Waals surface area contributed by atoms with Gasteiger partial charge in [0.1, 0.15) is 0 Å². The van der Waals surface area contributed by atoms with Gasteiger partial charge < -0.3 is 10.1 Å². The molecule has 1 N–H and O–H groups in total. The van der Waals surface area contributed by atoms with Crippen LogP contribution < -0.4 is 5.32 Å². The van der Waals surface area contributed by atoms with E-state index in [2.05, 4.69) is 22.2 Å². The summed E-state index contributed by atoms with van der Waals surface area (Å²) in [4.78, 5) is 9.82. The highest BCUT2D eigenvalue weighted by molar-refractivity contribution is 5.65. The van der Waals surface area contributed by atoms with Gasteiger partial charge in [0.15, 0.2) is 0 Å². The summed E-state index contributed by atoms with van der Waals surface area (Å²) in [5, 5.41) is 3.20. The molecule has 0 atom stereocenters. The zero-order chi connectivity index (χ0) is 9.23. The van der Waals surface area contributed by atoms with Crippen molar-refractivity contribution in [2.24, 2.45) is 0 Å². The van der Waals surface area contributed by atoms with Gasteiger partial charge >= 0.3 is 5.97 Å². The fourth-order valence-corrected chi connectivity index (χ4v) is 0.775. The average Bonchev–Trinajstić information content (AvgIpc) is 2.08. The summed E-state index contributed by atoms with van der Waals surface area (Å²) in [6.07, 6.45) is 5.57. The normalized spacial score (nSPS) is 14.5. The molecule has 0 aliphatic carbocycles. The predicted octanol–water partition coefficient (Wildman–Crippen LogP) is 1.11. The molecule has 0 saturated carbocycles.